The fourth-order valence-electron chi connectivity index (χ4n) is 4.47. The van der Waals surface area contributed by atoms with Gasteiger partial charge in [-0.15, -0.1) is 11.3 Å². The van der Waals surface area contributed by atoms with Crippen LogP contribution in [0.25, 0.3) is 0 Å². The van der Waals surface area contributed by atoms with E-state index in [1.165, 1.54) is 22.7 Å². The Kier molecular flexibility index (Phi) is 1.71. The molecule has 19 heavy (non-hydrogen) atoms. The van der Waals surface area contributed by atoms with Gasteiger partial charge in [-0.2, -0.15) is 0 Å². The highest BCUT2D eigenvalue weighted by molar-refractivity contribution is 7.14. The van der Waals surface area contributed by atoms with Gasteiger partial charge in [-0.1, -0.05) is 12.2 Å². The first-order valence-corrected chi connectivity index (χ1v) is 7.61. The molecule has 2 saturated carbocycles. The number of thiazole rings is 1. The molecule has 0 spiro atoms. The zero-order valence-corrected chi connectivity index (χ0v) is 10.9. The van der Waals surface area contributed by atoms with Gasteiger partial charge in [0.1, 0.15) is 0 Å². The van der Waals surface area contributed by atoms with E-state index in [1.807, 2.05) is 5.38 Å². The third-order valence-electron chi connectivity index (χ3n) is 5.27. The van der Waals surface area contributed by atoms with E-state index in [0.717, 1.165) is 0 Å². The largest absolute Gasteiger partial charge is 0.274 e. The molecule has 4 nitrogen and oxygen atoms in total. The van der Waals surface area contributed by atoms with Gasteiger partial charge in [0.2, 0.25) is 11.8 Å². The van der Waals surface area contributed by atoms with E-state index in [0.29, 0.717) is 28.8 Å². The predicted octanol–water partition coefficient (Wildman–Crippen LogP) is 1.70. The zero-order valence-electron chi connectivity index (χ0n) is 10.1. The highest BCUT2D eigenvalue weighted by Gasteiger charge is 2.67. The van der Waals surface area contributed by atoms with Crippen molar-refractivity contribution in [1.82, 2.24) is 4.98 Å². The van der Waals surface area contributed by atoms with Crippen LogP contribution in [0.1, 0.15) is 6.42 Å². The van der Waals surface area contributed by atoms with Gasteiger partial charge in [-0.25, -0.2) is 9.88 Å². The molecule has 0 unspecified atom stereocenters. The summed E-state index contributed by atoms with van der Waals surface area (Å²) in [5.74, 6) is 1.63. The normalized spacial score (nSPS) is 45.6. The molecule has 2 amide bonds. The van der Waals surface area contributed by atoms with Gasteiger partial charge in [0.05, 0.1) is 11.8 Å². The van der Waals surface area contributed by atoms with Crippen LogP contribution in [0.15, 0.2) is 23.7 Å². The first-order chi connectivity index (χ1) is 9.27. The minimum atomic E-state index is -0.116. The molecule has 4 aliphatic carbocycles. The number of hydrogen-bond acceptors (Lipinski definition) is 4. The van der Waals surface area contributed by atoms with Gasteiger partial charge in [-0.3, -0.25) is 9.59 Å². The van der Waals surface area contributed by atoms with Crippen molar-refractivity contribution in [2.75, 3.05) is 4.90 Å². The van der Waals surface area contributed by atoms with Crippen LogP contribution in [0.5, 0.6) is 0 Å². The monoisotopic (exact) mass is 272 g/mol. The molecule has 1 saturated heterocycles. The number of carbonyl (C=O) groups excluding carboxylic acids is 2. The number of amides is 2. The standard InChI is InChI=1S/C14H12N2O2S/c17-12-10-6-1-2-7(9-5-8(6)9)11(10)13(18)16(12)14-15-3-4-19-14/h1-4,6-11H,5H2/t6-,7-,8-,9-,10+,11+/m1/s1. The van der Waals surface area contributed by atoms with Crippen LogP contribution in [0.4, 0.5) is 5.13 Å². The van der Waals surface area contributed by atoms with Gasteiger partial charge in [0.15, 0.2) is 5.13 Å². The molecule has 5 heteroatoms. The molecule has 6 rings (SSSR count). The molecule has 1 aliphatic heterocycles. The van der Waals surface area contributed by atoms with E-state index < -0.39 is 0 Å². The first kappa shape index (κ1) is 10.3. The predicted molar refractivity (Wildman–Crippen MR) is 69.3 cm³/mol. The summed E-state index contributed by atoms with van der Waals surface area (Å²) in [4.78, 5) is 30.8. The highest BCUT2D eigenvalue weighted by Crippen LogP contribution is 2.65. The summed E-state index contributed by atoms with van der Waals surface area (Å²) >= 11 is 1.36. The minimum Gasteiger partial charge on any atom is -0.274 e. The number of hydrogen-bond donors (Lipinski definition) is 0. The van der Waals surface area contributed by atoms with Crippen molar-refractivity contribution in [3.05, 3.63) is 23.7 Å². The minimum absolute atomic E-state index is 0.0188. The second-order valence-corrected chi connectivity index (χ2v) is 6.85. The number of carbonyl (C=O) groups is 2. The van der Waals surface area contributed by atoms with Crippen molar-refractivity contribution in [3.63, 3.8) is 0 Å². The second kappa shape index (κ2) is 3.15. The van der Waals surface area contributed by atoms with Gasteiger partial charge in [0.25, 0.3) is 0 Å². The number of aromatic nitrogens is 1. The Morgan fingerprint density at radius 3 is 2.26 bits per heavy atom. The third-order valence-corrected chi connectivity index (χ3v) is 6.03. The maximum atomic E-state index is 12.6. The highest BCUT2D eigenvalue weighted by atomic mass is 32.1. The number of rotatable bonds is 1. The van der Waals surface area contributed by atoms with Crippen molar-refractivity contribution in [3.8, 4) is 0 Å². The average Bonchev–Trinajstić information content (AvgIpc) is 3.01. The Balaban J connectivity index is 1.62. The van der Waals surface area contributed by atoms with Crippen molar-refractivity contribution in [1.29, 1.82) is 0 Å². The lowest BCUT2D eigenvalue weighted by molar-refractivity contribution is -0.124. The summed E-state index contributed by atoms with van der Waals surface area (Å²) in [7, 11) is 0. The topological polar surface area (TPSA) is 50.3 Å². The molecule has 1 aromatic heterocycles. The smallest absolute Gasteiger partial charge is 0.240 e. The van der Waals surface area contributed by atoms with E-state index in [4.69, 9.17) is 0 Å². The van der Waals surface area contributed by atoms with Gasteiger partial charge >= 0.3 is 0 Å². The van der Waals surface area contributed by atoms with Crippen molar-refractivity contribution in [2.24, 2.45) is 35.5 Å². The van der Waals surface area contributed by atoms with Crippen LogP contribution in [-0.4, -0.2) is 16.8 Å². The molecule has 1 aromatic rings. The van der Waals surface area contributed by atoms with Crippen molar-refractivity contribution in [2.45, 2.75) is 6.42 Å². The Labute approximate surface area is 114 Å². The van der Waals surface area contributed by atoms with E-state index in [9.17, 15) is 9.59 Å². The fraction of sp³-hybridized carbons (Fsp3) is 0.500. The summed E-state index contributed by atoms with van der Waals surface area (Å²) in [6.07, 6.45) is 7.23. The molecular formula is C14H12N2O2S. The molecule has 96 valence electrons. The first-order valence-electron chi connectivity index (χ1n) is 6.73. The summed E-state index contributed by atoms with van der Waals surface area (Å²) in [6, 6.07) is 0. The third kappa shape index (κ3) is 1.09. The molecule has 2 bridgehead atoms. The molecule has 2 heterocycles. The summed E-state index contributed by atoms with van der Waals surface area (Å²) in [5.41, 5.74) is 0. The fourth-order valence-corrected chi connectivity index (χ4v) is 5.12. The maximum absolute atomic E-state index is 12.6. The average molecular weight is 272 g/mol. The Morgan fingerprint density at radius 2 is 1.74 bits per heavy atom. The number of nitrogens with zero attached hydrogens (tertiary/aromatic N) is 2. The molecule has 5 aliphatic rings. The van der Waals surface area contributed by atoms with Crippen LogP contribution in [-0.2, 0) is 9.59 Å². The molecule has 3 fully saturated rings. The quantitative estimate of drug-likeness (QED) is 0.577. The Morgan fingerprint density at radius 1 is 1.11 bits per heavy atom. The van der Waals surface area contributed by atoms with E-state index >= 15 is 0 Å². The number of anilines is 1. The molecular weight excluding hydrogens is 260 g/mol. The zero-order chi connectivity index (χ0) is 12.7. The molecule has 0 radical (unpaired) electrons. The molecule has 6 atom stereocenters. The second-order valence-electron chi connectivity index (χ2n) is 5.98. The van der Waals surface area contributed by atoms with Gasteiger partial charge in [-0.05, 0) is 30.1 Å². The lowest BCUT2D eigenvalue weighted by Crippen LogP contribution is -2.40. The Hall–Kier alpha value is -1.49. The number of allylic oxidation sites excluding steroid dienone is 2. The van der Waals surface area contributed by atoms with Crippen LogP contribution < -0.4 is 4.90 Å². The van der Waals surface area contributed by atoms with E-state index in [2.05, 4.69) is 17.1 Å². The SMILES string of the molecule is O=C1[C@H]2[C@@H]3C=C[C@H]([C@H]4C[C@H]34)[C@@H]2C(=O)N1c1nccs1. The summed E-state index contributed by atoms with van der Waals surface area (Å²) < 4.78 is 0. The summed E-state index contributed by atoms with van der Waals surface area (Å²) in [5, 5.41) is 2.35. The van der Waals surface area contributed by atoms with Gasteiger partial charge in [0, 0.05) is 11.6 Å². The lowest BCUT2D eigenvalue weighted by Gasteiger charge is -2.37. The molecule has 0 aromatic carbocycles. The van der Waals surface area contributed by atoms with Crippen LogP contribution in [0, 0.1) is 35.5 Å². The van der Waals surface area contributed by atoms with Crippen molar-refractivity contribution < 1.29 is 9.59 Å². The summed E-state index contributed by atoms with van der Waals surface area (Å²) in [6.45, 7) is 0. The van der Waals surface area contributed by atoms with Crippen LogP contribution in [0.2, 0.25) is 0 Å². The lowest BCUT2D eigenvalue weighted by atomic mass is 9.63. The van der Waals surface area contributed by atoms with Gasteiger partial charge < -0.3 is 0 Å². The van der Waals surface area contributed by atoms with Crippen LogP contribution in [0.3, 0.4) is 0 Å². The molecule has 0 N–H and O–H groups in total. The van der Waals surface area contributed by atoms with Crippen LogP contribution >= 0.6 is 11.3 Å². The number of imide groups is 1. The van der Waals surface area contributed by atoms with E-state index in [1.54, 1.807) is 6.20 Å². The van der Waals surface area contributed by atoms with Crippen molar-refractivity contribution >= 4 is 28.3 Å². The Bertz CT molecular complexity index is 587. The maximum Gasteiger partial charge on any atom is 0.240 e. The van der Waals surface area contributed by atoms with E-state index in [-0.39, 0.29) is 23.7 Å².